The number of ether oxygens (including phenoxy) is 1. The van der Waals surface area contributed by atoms with Gasteiger partial charge in [0.1, 0.15) is 5.75 Å². The molecule has 4 heteroatoms. The first-order chi connectivity index (χ1) is 9.22. The topological polar surface area (TPSA) is 51.5 Å². The molecule has 0 aliphatic carbocycles. The molecule has 0 saturated heterocycles. The number of benzene rings is 1. The van der Waals surface area contributed by atoms with Crippen LogP contribution in [0.3, 0.4) is 0 Å². The van der Waals surface area contributed by atoms with Gasteiger partial charge in [0.25, 0.3) is 0 Å². The Hall–Kier alpha value is -1.97. The van der Waals surface area contributed by atoms with E-state index in [1.165, 1.54) is 0 Å². The second kappa shape index (κ2) is 6.27. The number of fused-ring (bicyclic) bond motifs is 1. The van der Waals surface area contributed by atoms with Gasteiger partial charge >= 0.3 is 5.97 Å². The Morgan fingerprint density at radius 1 is 1.26 bits per heavy atom. The van der Waals surface area contributed by atoms with Crippen LogP contribution in [0.1, 0.15) is 25.7 Å². The van der Waals surface area contributed by atoms with E-state index in [4.69, 9.17) is 9.84 Å². The number of aryl methyl sites for hydroxylation is 1. The lowest BCUT2D eigenvalue weighted by Gasteiger charge is -2.06. The fraction of sp³-hybridized carbons (Fsp3) is 0.400. The normalized spacial score (nSPS) is 10.8. The third kappa shape index (κ3) is 3.28. The smallest absolute Gasteiger partial charge is 0.303 e. The number of carboxylic acids is 1. The zero-order valence-corrected chi connectivity index (χ0v) is 11.1. The number of rotatable bonds is 7. The summed E-state index contributed by atoms with van der Waals surface area (Å²) in [5, 5.41) is 9.70. The van der Waals surface area contributed by atoms with Gasteiger partial charge in [-0.25, -0.2) is 0 Å². The Labute approximate surface area is 112 Å². The van der Waals surface area contributed by atoms with Crippen LogP contribution in [0.15, 0.2) is 30.5 Å². The van der Waals surface area contributed by atoms with Gasteiger partial charge in [-0.15, -0.1) is 0 Å². The summed E-state index contributed by atoms with van der Waals surface area (Å²) in [4.78, 5) is 10.4. The highest BCUT2D eigenvalue weighted by Gasteiger charge is 2.05. The van der Waals surface area contributed by atoms with E-state index in [0.29, 0.717) is 0 Å². The molecule has 2 aromatic rings. The third-order valence-corrected chi connectivity index (χ3v) is 3.28. The summed E-state index contributed by atoms with van der Waals surface area (Å²) in [6.07, 6.45) is 5.01. The lowest BCUT2D eigenvalue weighted by molar-refractivity contribution is -0.137. The van der Waals surface area contributed by atoms with Gasteiger partial charge in [-0.2, -0.15) is 0 Å². The molecule has 19 heavy (non-hydrogen) atoms. The first-order valence-corrected chi connectivity index (χ1v) is 6.56. The second-order valence-electron chi connectivity index (χ2n) is 4.61. The molecule has 1 heterocycles. The molecular weight excluding hydrogens is 242 g/mol. The summed E-state index contributed by atoms with van der Waals surface area (Å²) in [5.41, 5.74) is 1.16. The highest BCUT2D eigenvalue weighted by atomic mass is 16.5. The van der Waals surface area contributed by atoms with E-state index < -0.39 is 5.97 Å². The molecule has 102 valence electrons. The molecule has 2 rings (SSSR count). The van der Waals surface area contributed by atoms with E-state index in [-0.39, 0.29) is 6.42 Å². The van der Waals surface area contributed by atoms with Crippen molar-refractivity contribution in [2.75, 3.05) is 7.11 Å². The Morgan fingerprint density at radius 3 is 2.84 bits per heavy atom. The zero-order valence-electron chi connectivity index (χ0n) is 11.1. The molecule has 0 bridgehead atoms. The quantitative estimate of drug-likeness (QED) is 0.778. The van der Waals surface area contributed by atoms with Crippen LogP contribution in [0.4, 0.5) is 0 Å². The van der Waals surface area contributed by atoms with Crippen molar-refractivity contribution in [1.82, 2.24) is 4.57 Å². The fourth-order valence-corrected chi connectivity index (χ4v) is 2.30. The highest BCUT2D eigenvalue weighted by Crippen LogP contribution is 2.26. The first kappa shape index (κ1) is 13.5. The molecule has 0 unspecified atom stereocenters. The van der Waals surface area contributed by atoms with E-state index in [9.17, 15) is 4.79 Å². The van der Waals surface area contributed by atoms with E-state index in [1.807, 2.05) is 12.1 Å². The minimum atomic E-state index is -0.712. The Bertz CT molecular complexity index is 560. The van der Waals surface area contributed by atoms with Crippen molar-refractivity contribution in [3.63, 3.8) is 0 Å². The van der Waals surface area contributed by atoms with Crippen LogP contribution in [0, 0.1) is 0 Å². The second-order valence-corrected chi connectivity index (χ2v) is 4.61. The fourth-order valence-electron chi connectivity index (χ4n) is 2.30. The predicted molar refractivity (Wildman–Crippen MR) is 74.6 cm³/mol. The van der Waals surface area contributed by atoms with Crippen LogP contribution in [0.25, 0.3) is 10.9 Å². The maximum Gasteiger partial charge on any atom is 0.303 e. The third-order valence-electron chi connectivity index (χ3n) is 3.28. The van der Waals surface area contributed by atoms with Crippen molar-refractivity contribution in [2.24, 2.45) is 0 Å². The molecule has 0 fully saturated rings. The number of methoxy groups -OCH3 is 1. The standard InChI is InChI=1S/C15H19NO3/c1-19-14-7-5-6-13-12(14)9-11-16(13)10-4-2-3-8-15(17)18/h5-7,9,11H,2-4,8,10H2,1H3,(H,17,18). The van der Waals surface area contributed by atoms with Crippen molar-refractivity contribution in [3.05, 3.63) is 30.5 Å². The summed E-state index contributed by atoms with van der Waals surface area (Å²) < 4.78 is 7.52. The van der Waals surface area contributed by atoms with Crippen molar-refractivity contribution < 1.29 is 14.6 Å². The minimum absolute atomic E-state index is 0.264. The average Bonchev–Trinajstić information content (AvgIpc) is 2.81. The van der Waals surface area contributed by atoms with E-state index in [0.717, 1.165) is 42.5 Å². The summed E-state index contributed by atoms with van der Waals surface area (Å²) in [6.45, 7) is 0.913. The molecule has 0 spiro atoms. The van der Waals surface area contributed by atoms with Gasteiger partial charge in [0.15, 0.2) is 0 Å². The van der Waals surface area contributed by atoms with Crippen LogP contribution in [0.2, 0.25) is 0 Å². The van der Waals surface area contributed by atoms with Gasteiger partial charge in [-0.3, -0.25) is 4.79 Å². The number of unbranched alkanes of at least 4 members (excludes halogenated alkanes) is 2. The van der Waals surface area contributed by atoms with Gasteiger partial charge in [-0.1, -0.05) is 12.5 Å². The molecule has 0 radical (unpaired) electrons. The molecule has 0 atom stereocenters. The monoisotopic (exact) mass is 261 g/mol. The summed E-state index contributed by atoms with van der Waals surface area (Å²) in [7, 11) is 1.68. The number of aromatic nitrogens is 1. The molecule has 0 aliphatic rings. The van der Waals surface area contributed by atoms with Gasteiger partial charge < -0.3 is 14.4 Å². The van der Waals surface area contributed by atoms with Crippen LogP contribution in [-0.2, 0) is 11.3 Å². The summed E-state index contributed by atoms with van der Waals surface area (Å²) in [5.74, 6) is 0.179. The van der Waals surface area contributed by atoms with Gasteiger partial charge in [0.05, 0.1) is 12.6 Å². The average molecular weight is 261 g/mol. The lowest BCUT2D eigenvalue weighted by Crippen LogP contribution is -1.98. The summed E-state index contributed by atoms with van der Waals surface area (Å²) in [6, 6.07) is 8.09. The van der Waals surface area contributed by atoms with Gasteiger partial charge in [0, 0.05) is 24.5 Å². The molecule has 0 saturated carbocycles. The zero-order chi connectivity index (χ0) is 13.7. The van der Waals surface area contributed by atoms with Crippen LogP contribution < -0.4 is 4.74 Å². The van der Waals surface area contributed by atoms with Crippen molar-refractivity contribution in [3.8, 4) is 5.75 Å². The van der Waals surface area contributed by atoms with Gasteiger partial charge in [-0.05, 0) is 31.0 Å². The van der Waals surface area contributed by atoms with Crippen molar-refractivity contribution in [2.45, 2.75) is 32.2 Å². The van der Waals surface area contributed by atoms with Crippen molar-refractivity contribution >= 4 is 16.9 Å². The Balaban J connectivity index is 1.96. The largest absolute Gasteiger partial charge is 0.496 e. The number of aliphatic carboxylic acids is 1. The minimum Gasteiger partial charge on any atom is -0.496 e. The maximum atomic E-state index is 10.4. The molecular formula is C15H19NO3. The highest BCUT2D eigenvalue weighted by molar-refractivity contribution is 5.86. The Kier molecular flexibility index (Phi) is 4.44. The van der Waals surface area contributed by atoms with Crippen molar-refractivity contribution in [1.29, 1.82) is 0 Å². The number of nitrogens with zero attached hydrogens (tertiary/aromatic N) is 1. The van der Waals surface area contributed by atoms with Gasteiger partial charge in [0.2, 0.25) is 0 Å². The number of hydrogen-bond donors (Lipinski definition) is 1. The first-order valence-electron chi connectivity index (χ1n) is 6.56. The summed E-state index contributed by atoms with van der Waals surface area (Å²) >= 11 is 0. The van der Waals surface area contributed by atoms with E-state index in [1.54, 1.807) is 7.11 Å². The number of hydrogen-bond acceptors (Lipinski definition) is 2. The number of carboxylic acid groups (broad SMARTS) is 1. The number of carbonyl (C=O) groups is 1. The lowest BCUT2D eigenvalue weighted by atomic mass is 10.2. The van der Waals surface area contributed by atoms with E-state index >= 15 is 0 Å². The van der Waals surface area contributed by atoms with Crippen LogP contribution >= 0.6 is 0 Å². The Morgan fingerprint density at radius 2 is 2.11 bits per heavy atom. The SMILES string of the molecule is COc1cccc2c1ccn2CCCCCC(=O)O. The molecule has 0 amide bonds. The molecule has 1 aromatic carbocycles. The predicted octanol–water partition coefficient (Wildman–Crippen LogP) is 3.29. The molecule has 1 aromatic heterocycles. The van der Waals surface area contributed by atoms with Crippen LogP contribution in [-0.4, -0.2) is 22.8 Å². The molecule has 4 nitrogen and oxygen atoms in total. The molecule has 1 N–H and O–H groups in total. The van der Waals surface area contributed by atoms with Crippen LogP contribution in [0.5, 0.6) is 5.75 Å². The molecule has 0 aliphatic heterocycles. The van der Waals surface area contributed by atoms with E-state index in [2.05, 4.69) is 22.9 Å². The maximum absolute atomic E-state index is 10.4.